The Morgan fingerprint density at radius 3 is 2.29 bits per heavy atom. The SMILES string of the molecule is CCN(C(=O)c1cccc(S(=O)(=O)N2CCN(C(C)=O)CC2)c1)c1cc(C)ccc1C. The van der Waals surface area contributed by atoms with Gasteiger partial charge in [0.1, 0.15) is 0 Å². The number of anilines is 1. The van der Waals surface area contributed by atoms with Crippen LogP contribution in [0, 0.1) is 13.8 Å². The molecule has 0 spiro atoms. The number of carbonyl (C=O) groups is 2. The van der Waals surface area contributed by atoms with Gasteiger partial charge in [0.05, 0.1) is 4.90 Å². The van der Waals surface area contributed by atoms with Gasteiger partial charge in [-0.25, -0.2) is 8.42 Å². The van der Waals surface area contributed by atoms with Crippen molar-refractivity contribution in [2.75, 3.05) is 37.6 Å². The van der Waals surface area contributed by atoms with Gasteiger partial charge in [0.2, 0.25) is 15.9 Å². The maximum atomic E-state index is 13.3. The number of rotatable bonds is 5. The highest BCUT2D eigenvalue weighted by Crippen LogP contribution is 2.25. The van der Waals surface area contributed by atoms with Gasteiger partial charge in [-0.05, 0) is 56.2 Å². The van der Waals surface area contributed by atoms with Gasteiger partial charge in [-0.2, -0.15) is 4.31 Å². The average molecular weight is 444 g/mol. The first-order valence-electron chi connectivity index (χ1n) is 10.4. The molecule has 0 aromatic heterocycles. The first-order valence-corrected chi connectivity index (χ1v) is 11.8. The summed E-state index contributed by atoms with van der Waals surface area (Å²) >= 11 is 0. The van der Waals surface area contributed by atoms with Crippen LogP contribution >= 0.6 is 0 Å². The van der Waals surface area contributed by atoms with Crippen molar-refractivity contribution in [3.05, 3.63) is 59.2 Å². The summed E-state index contributed by atoms with van der Waals surface area (Å²) in [5.41, 5.74) is 3.17. The maximum absolute atomic E-state index is 13.3. The Labute approximate surface area is 184 Å². The lowest BCUT2D eigenvalue weighted by atomic mass is 10.1. The molecule has 166 valence electrons. The van der Waals surface area contributed by atoms with Gasteiger partial charge in [0, 0.05) is 50.9 Å². The van der Waals surface area contributed by atoms with Crippen LogP contribution in [0.25, 0.3) is 0 Å². The number of aryl methyl sites for hydroxylation is 2. The highest BCUT2D eigenvalue weighted by Gasteiger charge is 2.30. The van der Waals surface area contributed by atoms with Crippen molar-refractivity contribution in [2.45, 2.75) is 32.6 Å². The van der Waals surface area contributed by atoms with E-state index >= 15 is 0 Å². The van der Waals surface area contributed by atoms with Crippen molar-refractivity contribution in [2.24, 2.45) is 0 Å². The molecule has 1 heterocycles. The van der Waals surface area contributed by atoms with Crippen LogP contribution in [0.1, 0.15) is 35.3 Å². The van der Waals surface area contributed by atoms with Gasteiger partial charge in [0.15, 0.2) is 0 Å². The van der Waals surface area contributed by atoms with E-state index in [1.54, 1.807) is 21.9 Å². The van der Waals surface area contributed by atoms with Gasteiger partial charge in [-0.15, -0.1) is 0 Å². The molecule has 1 aliphatic heterocycles. The molecular weight excluding hydrogens is 414 g/mol. The monoisotopic (exact) mass is 443 g/mol. The molecule has 1 saturated heterocycles. The van der Waals surface area contributed by atoms with E-state index in [2.05, 4.69) is 0 Å². The predicted octanol–water partition coefficient (Wildman–Crippen LogP) is 2.82. The zero-order valence-electron chi connectivity index (χ0n) is 18.5. The van der Waals surface area contributed by atoms with E-state index in [0.717, 1.165) is 16.8 Å². The second kappa shape index (κ2) is 9.20. The van der Waals surface area contributed by atoms with Crippen LogP contribution in [0.5, 0.6) is 0 Å². The standard InChI is InChI=1S/C23H29N3O4S/c1-5-26(22-15-17(2)9-10-18(22)3)23(28)20-7-6-8-21(16-20)31(29,30)25-13-11-24(12-14-25)19(4)27/h6-10,15-16H,5,11-14H2,1-4H3. The number of benzene rings is 2. The summed E-state index contributed by atoms with van der Waals surface area (Å²) in [4.78, 5) is 28.2. The van der Waals surface area contributed by atoms with Crippen molar-refractivity contribution in [1.29, 1.82) is 0 Å². The Bertz CT molecular complexity index is 1090. The number of hydrogen-bond donors (Lipinski definition) is 0. The van der Waals surface area contributed by atoms with E-state index in [-0.39, 0.29) is 29.8 Å². The predicted molar refractivity (Wildman–Crippen MR) is 121 cm³/mol. The summed E-state index contributed by atoms with van der Waals surface area (Å²) in [6.45, 7) is 8.98. The third-order valence-corrected chi connectivity index (χ3v) is 7.51. The van der Waals surface area contributed by atoms with Crippen LogP contribution in [0.15, 0.2) is 47.4 Å². The Morgan fingerprint density at radius 1 is 1.00 bits per heavy atom. The Kier molecular flexibility index (Phi) is 6.81. The molecule has 2 aromatic rings. The van der Waals surface area contributed by atoms with Crippen LogP contribution in [0.3, 0.4) is 0 Å². The number of amides is 2. The molecule has 0 aliphatic carbocycles. The molecule has 0 atom stereocenters. The first kappa shape index (κ1) is 23.0. The van der Waals surface area contributed by atoms with Crippen molar-refractivity contribution < 1.29 is 18.0 Å². The quantitative estimate of drug-likeness (QED) is 0.712. The van der Waals surface area contributed by atoms with E-state index in [1.807, 2.05) is 39.0 Å². The average Bonchev–Trinajstić information content (AvgIpc) is 2.76. The van der Waals surface area contributed by atoms with Crippen LogP contribution in [0.2, 0.25) is 0 Å². The normalized spacial score (nSPS) is 15.0. The number of nitrogens with zero attached hydrogens (tertiary/aromatic N) is 3. The molecule has 0 unspecified atom stereocenters. The van der Waals surface area contributed by atoms with Crippen molar-refractivity contribution in [1.82, 2.24) is 9.21 Å². The first-order chi connectivity index (χ1) is 14.6. The molecule has 7 nitrogen and oxygen atoms in total. The summed E-state index contributed by atoms with van der Waals surface area (Å²) in [5, 5.41) is 0. The highest BCUT2D eigenvalue weighted by atomic mass is 32.2. The molecule has 31 heavy (non-hydrogen) atoms. The highest BCUT2D eigenvalue weighted by molar-refractivity contribution is 7.89. The fourth-order valence-corrected chi connectivity index (χ4v) is 5.24. The lowest BCUT2D eigenvalue weighted by molar-refractivity contribution is -0.129. The van der Waals surface area contributed by atoms with E-state index < -0.39 is 10.0 Å². The van der Waals surface area contributed by atoms with Gasteiger partial charge < -0.3 is 9.80 Å². The Hall–Kier alpha value is -2.71. The van der Waals surface area contributed by atoms with Crippen molar-refractivity contribution in [3.63, 3.8) is 0 Å². The van der Waals surface area contributed by atoms with E-state index in [4.69, 9.17) is 0 Å². The minimum absolute atomic E-state index is 0.0595. The molecule has 3 rings (SSSR count). The van der Waals surface area contributed by atoms with Gasteiger partial charge in [0.25, 0.3) is 5.91 Å². The molecule has 1 fully saturated rings. The molecular formula is C23H29N3O4S. The van der Waals surface area contributed by atoms with E-state index in [1.165, 1.54) is 23.4 Å². The molecule has 0 saturated carbocycles. The summed E-state index contributed by atoms with van der Waals surface area (Å²) in [5.74, 6) is -0.301. The fraction of sp³-hybridized carbons (Fsp3) is 0.391. The van der Waals surface area contributed by atoms with Gasteiger partial charge in [-0.1, -0.05) is 18.2 Å². The molecule has 0 radical (unpaired) electrons. The smallest absolute Gasteiger partial charge is 0.258 e. The minimum atomic E-state index is -3.75. The van der Waals surface area contributed by atoms with Crippen molar-refractivity contribution >= 4 is 27.5 Å². The Balaban J connectivity index is 1.87. The molecule has 0 N–H and O–H groups in total. The minimum Gasteiger partial charge on any atom is -0.340 e. The third-order valence-electron chi connectivity index (χ3n) is 5.62. The van der Waals surface area contributed by atoms with Crippen LogP contribution in [-0.4, -0.2) is 62.2 Å². The zero-order chi connectivity index (χ0) is 22.8. The maximum Gasteiger partial charge on any atom is 0.258 e. The second-order valence-electron chi connectivity index (χ2n) is 7.78. The summed E-state index contributed by atoms with van der Waals surface area (Å²) in [7, 11) is -3.75. The van der Waals surface area contributed by atoms with Gasteiger partial charge in [-0.3, -0.25) is 9.59 Å². The largest absolute Gasteiger partial charge is 0.340 e. The lowest BCUT2D eigenvalue weighted by Crippen LogP contribution is -2.49. The van der Waals surface area contributed by atoms with Crippen LogP contribution in [-0.2, 0) is 14.8 Å². The van der Waals surface area contributed by atoms with E-state index in [0.29, 0.717) is 25.2 Å². The fourth-order valence-electron chi connectivity index (χ4n) is 3.77. The topological polar surface area (TPSA) is 78.0 Å². The van der Waals surface area contributed by atoms with Crippen LogP contribution in [0.4, 0.5) is 5.69 Å². The molecule has 1 aliphatic rings. The molecule has 2 amide bonds. The number of sulfonamides is 1. The molecule has 2 aromatic carbocycles. The van der Waals surface area contributed by atoms with E-state index in [9.17, 15) is 18.0 Å². The Morgan fingerprint density at radius 2 is 1.68 bits per heavy atom. The third kappa shape index (κ3) is 4.80. The van der Waals surface area contributed by atoms with Crippen molar-refractivity contribution in [3.8, 4) is 0 Å². The summed E-state index contributed by atoms with van der Waals surface area (Å²) in [6.07, 6.45) is 0. The number of carbonyl (C=O) groups excluding carboxylic acids is 2. The lowest BCUT2D eigenvalue weighted by Gasteiger charge is -2.33. The number of hydrogen-bond acceptors (Lipinski definition) is 4. The molecule has 0 bridgehead atoms. The zero-order valence-corrected chi connectivity index (χ0v) is 19.3. The van der Waals surface area contributed by atoms with Gasteiger partial charge >= 0.3 is 0 Å². The summed E-state index contributed by atoms with van der Waals surface area (Å²) < 4.78 is 27.7. The van der Waals surface area contributed by atoms with Crippen LogP contribution < -0.4 is 4.90 Å². The second-order valence-corrected chi connectivity index (χ2v) is 9.72. The number of piperazine rings is 1. The summed E-state index contributed by atoms with van der Waals surface area (Å²) in [6, 6.07) is 12.1. The molecule has 8 heteroatoms.